The van der Waals surface area contributed by atoms with Crippen LogP contribution in [0.2, 0.25) is 0 Å². The second kappa shape index (κ2) is 11.2. The number of aryl methyl sites for hydroxylation is 2. The topological polar surface area (TPSA) is 93.5 Å². The molecule has 1 fully saturated rings. The molecule has 0 atom stereocenters. The zero-order valence-corrected chi connectivity index (χ0v) is 20.3. The molecule has 1 amide bonds. The number of hydrogen-bond donors (Lipinski definition) is 1. The maximum Gasteiger partial charge on any atom is 0.243 e. The smallest absolute Gasteiger partial charge is 0.243 e. The number of carbonyl (C=O) groups excluding carboxylic acids is 1. The van der Waals surface area contributed by atoms with E-state index >= 15 is 0 Å². The Morgan fingerprint density at radius 3 is 2.69 bits per heavy atom. The SMILES string of the molecule is CCCn1c(CCC(=O)NCCCOC(C)C)nc2cc(S(=O)(=O)N3CCCC3)ccc21. The van der Waals surface area contributed by atoms with Crippen LogP contribution in [0, 0.1) is 0 Å². The minimum absolute atomic E-state index is 0.0121. The third kappa shape index (κ3) is 6.08. The number of amides is 1. The van der Waals surface area contributed by atoms with Crippen LogP contribution in [0.25, 0.3) is 11.0 Å². The van der Waals surface area contributed by atoms with Gasteiger partial charge in [-0.1, -0.05) is 6.92 Å². The molecule has 0 aliphatic carbocycles. The third-order valence-corrected chi connectivity index (χ3v) is 7.51. The predicted molar refractivity (Wildman–Crippen MR) is 125 cm³/mol. The number of imidazole rings is 1. The highest BCUT2D eigenvalue weighted by molar-refractivity contribution is 7.89. The summed E-state index contributed by atoms with van der Waals surface area (Å²) in [4.78, 5) is 17.3. The first-order valence-corrected chi connectivity index (χ1v) is 13.1. The van der Waals surface area contributed by atoms with Crippen LogP contribution in [0.4, 0.5) is 0 Å². The van der Waals surface area contributed by atoms with E-state index in [0.717, 1.165) is 43.6 Å². The van der Waals surface area contributed by atoms with Gasteiger partial charge in [-0.25, -0.2) is 13.4 Å². The zero-order valence-electron chi connectivity index (χ0n) is 19.5. The van der Waals surface area contributed by atoms with Crippen molar-refractivity contribution in [3.8, 4) is 0 Å². The summed E-state index contributed by atoms with van der Waals surface area (Å²) in [7, 11) is -3.48. The minimum atomic E-state index is -3.48. The normalized spacial score (nSPS) is 15.1. The molecule has 0 radical (unpaired) electrons. The van der Waals surface area contributed by atoms with Gasteiger partial charge in [0.25, 0.3) is 0 Å². The van der Waals surface area contributed by atoms with Gasteiger partial charge in [0.1, 0.15) is 5.82 Å². The van der Waals surface area contributed by atoms with Crippen molar-refractivity contribution in [2.45, 2.75) is 76.8 Å². The fraction of sp³-hybridized carbons (Fsp3) is 0.652. The number of carbonyl (C=O) groups is 1. The monoisotopic (exact) mass is 464 g/mol. The fourth-order valence-electron chi connectivity index (χ4n) is 3.99. The molecule has 0 unspecified atom stereocenters. The first kappa shape index (κ1) is 24.7. The van der Waals surface area contributed by atoms with Gasteiger partial charge in [-0.05, 0) is 57.7 Å². The van der Waals surface area contributed by atoms with E-state index in [2.05, 4.69) is 16.8 Å². The van der Waals surface area contributed by atoms with Crippen LogP contribution in [-0.2, 0) is 32.5 Å². The number of nitrogens with one attached hydrogen (secondary N) is 1. The molecule has 3 rings (SSSR count). The second-order valence-electron chi connectivity index (χ2n) is 8.56. The summed E-state index contributed by atoms with van der Waals surface area (Å²) in [6.45, 7) is 9.23. The third-order valence-electron chi connectivity index (χ3n) is 5.62. The number of rotatable bonds is 12. The molecule has 1 aliphatic heterocycles. The standard InChI is InChI=1S/C23H36N4O4S/c1-4-13-27-21-9-8-19(32(29,30)26-14-5-6-15-26)17-20(21)25-22(27)10-11-23(28)24-12-7-16-31-18(2)3/h8-9,17-18H,4-7,10-16H2,1-3H3,(H,24,28). The zero-order chi connectivity index (χ0) is 23.1. The maximum atomic E-state index is 12.9. The Morgan fingerprint density at radius 2 is 2.00 bits per heavy atom. The molecule has 0 bridgehead atoms. The molecule has 2 heterocycles. The molecule has 1 aliphatic rings. The first-order chi connectivity index (χ1) is 15.3. The summed E-state index contributed by atoms with van der Waals surface area (Å²) >= 11 is 0. The van der Waals surface area contributed by atoms with E-state index in [1.807, 2.05) is 19.9 Å². The van der Waals surface area contributed by atoms with E-state index in [9.17, 15) is 13.2 Å². The van der Waals surface area contributed by atoms with Gasteiger partial charge in [-0.2, -0.15) is 4.31 Å². The lowest BCUT2D eigenvalue weighted by Crippen LogP contribution is -2.27. The van der Waals surface area contributed by atoms with Crippen LogP contribution in [-0.4, -0.2) is 60.5 Å². The number of ether oxygens (including phenoxy) is 1. The van der Waals surface area contributed by atoms with Crippen LogP contribution >= 0.6 is 0 Å². The first-order valence-electron chi connectivity index (χ1n) is 11.7. The van der Waals surface area contributed by atoms with E-state index in [1.54, 1.807) is 16.4 Å². The van der Waals surface area contributed by atoms with Gasteiger partial charge in [0.15, 0.2) is 0 Å². The summed E-state index contributed by atoms with van der Waals surface area (Å²) in [6, 6.07) is 5.20. The number of nitrogens with zero attached hydrogens (tertiary/aromatic N) is 3. The Balaban J connectivity index is 1.68. The van der Waals surface area contributed by atoms with Gasteiger partial charge in [0, 0.05) is 45.6 Å². The van der Waals surface area contributed by atoms with E-state index in [0.29, 0.717) is 49.5 Å². The summed E-state index contributed by atoms with van der Waals surface area (Å²) in [6.07, 6.45) is 4.57. The van der Waals surface area contributed by atoms with Gasteiger partial charge in [0.05, 0.1) is 22.0 Å². The van der Waals surface area contributed by atoms with Crippen molar-refractivity contribution in [3.63, 3.8) is 0 Å². The van der Waals surface area contributed by atoms with Crippen LogP contribution in [0.5, 0.6) is 0 Å². The van der Waals surface area contributed by atoms with Crippen LogP contribution in [0.15, 0.2) is 23.1 Å². The van der Waals surface area contributed by atoms with Gasteiger partial charge in [-0.15, -0.1) is 0 Å². The van der Waals surface area contributed by atoms with Gasteiger partial charge in [-0.3, -0.25) is 4.79 Å². The van der Waals surface area contributed by atoms with Crippen molar-refractivity contribution < 1.29 is 17.9 Å². The average Bonchev–Trinajstić information content (AvgIpc) is 3.41. The van der Waals surface area contributed by atoms with Crippen molar-refractivity contribution in [2.75, 3.05) is 26.2 Å². The highest BCUT2D eigenvalue weighted by Crippen LogP contribution is 2.25. The Bertz CT molecular complexity index is 1010. The molecule has 0 saturated carbocycles. The number of hydrogen-bond acceptors (Lipinski definition) is 5. The van der Waals surface area contributed by atoms with Crippen molar-refractivity contribution >= 4 is 27.0 Å². The summed E-state index contributed by atoms with van der Waals surface area (Å²) in [5.74, 6) is 0.804. The number of sulfonamides is 1. The van der Waals surface area contributed by atoms with Crippen molar-refractivity contribution in [1.82, 2.24) is 19.2 Å². The molecule has 8 nitrogen and oxygen atoms in total. The molecule has 1 N–H and O–H groups in total. The molecular weight excluding hydrogens is 428 g/mol. The largest absolute Gasteiger partial charge is 0.379 e. The summed E-state index contributed by atoms with van der Waals surface area (Å²) < 4.78 is 35.0. The average molecular weight is 465 g/mol. The minimum Gasteiger partial charge on any atom is -0.379 e. The molecule has 1 aromatic carbocycles. The van der Waals surface area contributed by atoms with Crippen LogP contribution in [0.1, 0.15) is 58.7 Å². The summed E-state index contributed by atoms with van der Waals surface area (Å²) in [5.41, 5.74) is 1.58. The van der Waals surface area contributed by atoms with Gasteiger partial charge < -0.3 is 14.6 Å². The Morgan fingerprint density at radius 1 is 1.25 bits per heavy atom. The molecular formula is C23H36N4O4S. The highest BCUT2D eigenvalue weighted by atomic mass is 32.2. The van der Waals surface area contributed by atoms with Gasteiger partial charge >= 0.3 is 0 Å². The number of benzene rings is 1. The van der Waals surface area contributed by atoms with Crippen molar-refractivity contribution in [1.29, 1.82) is 0 Å². The highest BCUT2D eigenvalue weighted by Gasteiger charge is 2.27. The fourth-order valence-corrected chi connectivity index (χ4v) is 5.53. The molecule has 32 heavy (non-hydrogen) atoms. The Kier molecular flexibility index (Phi) is 8.67. The molecule has 1 aromatic heterocycles. The van der Waals surface area contributed by atoms with Crippen molar-refractivity contribution in [3.05, 3.63) is 24.0 Å². The number of aromatic nitrogens is 2. The van der Waals surface area contributed by atoms with Crippen LogP contribution < -0.4 is 5.32 Å². The number of fused-ring (bicyclic) bond motifs is 1. The summed E-state index contributed by atoms with van der Waals surface area (Å²) in [5, 5.41) is 2.93. The lowest BCUT2D eigenvalue weighted by atomic mass is 10.2. The van der Waals surface area contributed by atoms with Crippen LogP contribution in [0.3, 0.4) is 0 Å². The van der Waals surface area contributed by atoms with Gasteiger partial charge in [0.2, 0.25) is 15.9 Å². The Labute approximate surface area is 191 Å². The van der Waals surface area contributed by atoms with Crippen molar-refractivity contribution in [2.24, 2.45) is 0 Å². The molecule has 1 saturated heterocycles. The van der Waals surface area contributed by atoms with E-state index in [1.165, 1.54) is 0 Å². The predicted octanol–water partition coefficient (Wildman–Crippen LogP) is 3.09. The van der Waals surface area contributed by atoms with E-state index in [-0.39, 0.29) is 12.0 Å². The molecule has 0 spiro atoms. The van der Waals surface area contributed by atoms with E-state index < -0.39 is 10.0 Å². The molecule has 9 heteroatoms. The second-order valence-corrected chi connectivity index (χ2v) is 10.5. The lowest BCUT2D eigenvalue weighted by Gasteiger charge is -2.15. The maximum absolute atomic E-state index is 12.9. The van der Waals surface area contributed by atoms with E-state index in [4.69, 9.17) is 9.72 Å². The quantitative estimate of drug-likeness (QED) is 0.487. The molecule has 178 valence electrons. The molecule has 2 aromatic rings. The Hall–Kier alpha value is -1.97. The lowest BCUT2D eigenvalue weighted by molar-refractivity contribution is -0.121.